The molecule has 0 heterocycles. The first-order chi connectivity index (χ1) is 9.97. The molecule has 1 amide bonds. The predicted molar refractivity (Wildman–Crippen MR) is 90.3 cm³/mol. The normalized spacial score (nSPS) is 20.0. The van der Waals surface area contributed by atoms with E-state index in [2.05, 4.69) is 39.1 Å². The molecule has 0 aliphatic heterocycles. The highest BCUT2D eigenvalue weighted by Gasteiger charge is 2.18. The van der Waals surface area contributed by atoms with Crippen molar-refractivity contribution in [3.63, 3.8) is 0 Å². The SMILES string of the molecule is C=C(C)C1CC=C(C)/C(=N/NC(=O)c2ccc(Br)cc2)C1. The lowest BCUT2D eigenvalue weighted by Gasteiger charge is -2.22. The van der Waals surface area contributed by atoms with E-state index < -0.39 is 0 Å². The van der Waals surface area contributed by atoms with Crippen molar-refractivity contribution in [2.75, 3.05) is 0 Å². The van der Waals surface area contributed by atoms with Crippen molar-refractivity contribution in [1.29, 1.82) is 0 Å². The van der Waals surface area contributed by atoms with Gasteiger partial charge >= 0.3 is 0 Å². The van der Waals surface area contributed by atoms with Gasteiger partial charge in [-0.3, -0.25) is 4.79 Å². The lowest BCUT2D eigenvalue weighted by atomic mass is 9.85. The van der Waals surface area contributed by atoms with Crippen LogP contribution in [0.4, 0.5) is 0 Å². The number of carbonyl (C=O) groups excluding carboxylic acids is 1. The highest BCUT2D eigenvalue weighted by molar-refractivity contribution is 9.10. The number of benzene rings is 1. The van der Waals surface area contributed by atoms with Gasteiger partial charge in [-0.05, 0) is 62.4 Å². The fourth-order valence-electron chi connectivity index (χ4n) is 2.21. The number of nitrogens with one attached hydrogen (secondary N) is 1. The quantitative estimate of drug-likeness (QED) is 0.636. The molecule has 1 aromatic carbocycles. The Morgan fingerprint density at radius 2 is 2.05 bits per heavy atom. The fourth-order valence-corrected chi connectivity index (χ4v) is 2.47. The van der Waals surface area contributed by atoms with Crippen molar-refractivity contribution in [3.8, 4) is 0 Å². The standard InChI is InChI=1S/C17H19BrN2O/c1-11(2)14-5-4-12(3)16(10-14)19-20-17(21)13-6-8-15(18)9-7-13/h4,6-9,14H,1,5,10H2,2-3H3,(H,20,21)/b19-16+. The molecule has 0 bridgehead atoms. The summed E-state index contributed by atoms with van der Waals surface area (Å²) in [5.74, 6) is 0.220. The minimum Gasteiger partial charge on any atom is -0.267 e. The molecule has 0 aromatic heterocycles. The molecule has 0 fully saturated rings. The molecule has 1 N–H and O–H groups in total. The molecule has 0 saturated carbocycles. The molecule has 110 valence electrons. The minimum atomic E-state index is -0.194. The molecule has 1 atom stereocenters. The van der Waals surface area contributed by atoms with Crippen LogP contribution in [-0.4, -0.2) is 11.6 Å². The molecule has 1 aromatic rings. The van der Waals surface area contributed by atoms with E-state index in [0.29, 0.717) is 11.5 Å². The van der Waals surface area contributed by atoms with Crippen LogP contribution in [-0.2, 0) is 0 Å². The van der Waals surface area contributed by atoms with E-state index in [-0.39, 0.29) is 5.91 Å². The van der Waals surface area contributed by atoms with Crippen LogP contribution in [0.1, 0.15) is 37.0 Å². The van der Waals surface area contributed by atoms with Gasteiger partial charge in [0, 0.05) is 10.0 Å². The molecule has 4 heteroatoms. The Morgan fingerprint density at radius 1 is 1.38 bits per heavy atom. The molecule has 1 aliphatic carbocycles. The van der Waals surface area contributed by atoms with Gasteiger partial charge in [0.2, 0.25) is 0 Å². The van der Waals surface area contributed by atoms with Crippen molar-refractivity contribution >= 4 is 27.5 Å². The average molecular weight is 347 g/mol. The van der Waals surface area contributed by atoms with Gasteiger partial charge in [0.05, 0.1) is 5.71 Å². The van der Waals surface area contributed by atoms with Gasteiger partial charge < -0.3 is 0 Å². The number of nitrogens with zero attached hydrogens (tertiary/aromatic N) is 1. The van der Waals surface area contributed by atoms with Gasteiger partial charge in [0.1, 0.15) is 0 Å². The Balaban J connectivity index is 2.07. The monoisotopic (exact) mass is 346 g/mol. The number of carbonyl (C=O) groups is 1. The van der Waals surface area contributed by atoms with Crippen molar-refractivity contribution in [3.05, 3.63) is 58.1 Å². The number of halogens is 1. The second-order valence-electron chi connectivity index (χ2n) is 5.38. The lowest BCUT2D eigenvalue weighted by molar-refractivity contribution is 0.0954. The summed E-state index contributed by atoms with van der Waals surface area (Å²) >= 11 is 3.35. The number of hydrazone groups is 1. The predicted octanol–water partition coefficient (Wildman–Crippen LogP) is 4.47. The molecule has 21 heavy (non-hydrogen) atoms. The Kier molecular flexibility index (Phi) is 5.12. The smallest absolute Gasteiger partial charge is 0.267 e. The maximum Gasteiger partial charge on any atom is 0.271 e. The second-order valence-corrected chi connectivity index (χ2v) is 6.29. The summed E-state index contributed by atoms with van der Waals surface area (Å²) in [7, 11) is 0. The molecule has 3 nitrogen and oxygen atoms in total. The number of hydrogen-bond acceptors (Lipinski definition) is 2. The van der Waals surface area contributed by atoms with Crippen LogP contribution in [0.25, 0.3) is 0 Å². The Morgan fingerprint density at radius 3 is 2.67 bits per heavy atom. The molecule has 1 unspecified atom stereocenters. The third-order valence-corrected chi connectivity index (χ3v) is 4.23. The van der Waals surface area contributed by atoms with E-state index in [4.69, 9.17) is 0 Å². The number of amides is 1. The van der Waals surface area contributed by atoms with Gasteiger partial charge in [-0.15, -0.1) is 0 Å². The molecule has 1 aliphatic rings. The lowest BCUT2D eigenvalue weighted by Crippen LogP contribution is -2.23. The third kappa shape index (κ3) is 4.14. The molecule has 0 spiro atoms. The van der Waals surface area contributed by atoms with Crippen LogP contribution < -0.4 is 5.43 Å². The second kappa shape index (κ2) is 6.85. The van der Waals surface area contributed by atoms with Crippen molar-refractivity contribution in [1.82, 2.24) is 5.43 Å². The highest BCUT2D eigenvalue weighted by Crippen LogP contribution is 2.26. The molecule has 0 radical (unpaired) electrons. The van der Waals surface area contributed by atoms with E-state index in [1.807, 2.05) is 26.0 Å². The van der Waals surface area contributed by atoms with Crippen LogP contribution in [0, 0.1) is 5.92 Å². The number of rotatable bonds is 3. The van der Waals surface area contributed by atoms with Crippen molar-refractivity contribution in [2.24, 2.45) is 11.0 Å². The first kappa shape index (κ1) is 15.7. The Bertz CT molecular complexity index is 614. The van der Waals surface area contributed by atoms with Crippen molar-refractivity contribution < 1.29 is 4.79 Å². The van der Waals surface area contributed by atoms with Gasteiger partial charge in [-0.2, -0.15) is 5.10 Å². The van der Waals surface area contributed by atoms with E-state index in [9.17, 15) is 4.79 Å². The van der Waals surface area contributed by atoms with Gasteiger partial charge in [0.25, 0.3) is 5.91 Å². The molecule has 0 saturated heterocycles. The summed E-state index contributed by atoms with van der Waals surface area (Å²) in [6.07, 6.45) is 3.99. The molecular formula is C17H19BrN2O. The number of allylic oxidation sites excluding steroid dienone is 3. The van der Waals surface area contributed by atoms with E-state index in [0.717, 1.165) is 34.2 Å². The Hall–Kier alpha value is -1.68. The Labute approximate surface area is 134 Å². The summed E-state index contributed by atoms with van der Waals surface area (Å²) in [5, 5.41) is 4.29. The maximum atomic E-state index is 12.1. The minimum absolute atomic E-state index is 0.194. The zero-order valence-electron chi connectivity index (χ0n) is 12.3. The topological polar surface area (TPSA) is 41.5 Å². The zero-order chi connectivity index (χ0) is 15.4. The largest absolute Gasteiger partial charge is 0.271 e. The van der Waals surface area contributed by atoms with Crippen LogP contribution >= 0.6 is 15.9 Å². The first-order valence-corrected chi connectivity index (χ1v) is 7.71. The zero-order valence-corrected chi connectivity index (χ0v) is 13.9. The summed E-state index contributed by atoms with van der Waals surface area (Å²) in [6, 6.07) is 7.20. The molecule has 2 rings (SSSR count). The van der Waals surface area contributed by atoms with Crippen LogP contribution in [0.3, 0.4) is 0 Å². The van der Waals surface area contributed by atoms with Gasteiger partial charge in [0.15, 0.2) is 0 Å². The van der Waals surface area contributed by atoms with E-state index in [1.54, 1.807) is 12.1 Å². The van der Waals surface area contributed by atoms with Crippen molar-refractivity contribution in [2.45, 2.75) is 26.7 Å². The summed E-state index contributed by atoms with van der Waals surface area (Å²) in [4.78, 5) is 12.1. The molecular weight excluding hydrogens is 328 g/mol. The summed E-state index contributed by atoms with van der Waals surface area (Å²) in [6.45, 7) is 8.08. The third-order valence-electron chi connectivity index (χ3n) is 3.70. The van der Waals surface area contributed by atoms with Crippen LogP contribution in [0.2, 0.25) is 0 Å². The summed E-state index contributed by atoms with van der Waals surface area (Å²) < 4.78 is 0.945. The maximum absolute atomic E-state index is 12.1. The summed E-state index contributed by atoms with van der Waals surface area (Å²) in [5.41, 5.74) is 6.45. The van der Waals surface area contributed by atoms with Crippen LogP contribution in [0.5, 0.6) is 0 Å². The average Bonchev–Trinajstić information content (AvgIpc) is 2.46. The van der Waals surface area contributed by atoms with E-state index >= 15 is 0 Å². The highest BCUT2D eigenvalue weighted by atomic mass is 79.9. The first-order valence-electron chi connectivity index (χ1n) is 6.92. The van der Waals surface area contributed by atoms with Gasteiger partial charge in [-0.1, -0.05) is 34.2 Å². The van der Waals surface area contributed by atoms with E-state index in [1.165, 1.54) is 0 Å². The van der Waals surface area contributed by atoms with Gasteiger partial charge in [-0.25, -0.2) is 5.43 Å². The van der Waals surface area contributed by atoms with Crippen LogP contribution in [0.15, 0.2) is 57.6 Å². The fraction of sp³-hybridized carbons (Fsp3) is 0.294. The number of hydrogen-bond donors (Lipinski definition) is 1.